The fourth-order valence-corrected chi connectivity index (χ4v) is 3.65. The molecule has 0 N–H and O–H groups in total. The van der Waals surface area contributed by atoms with Crippen molar-refractivity contribution in [1.82, 2.24) is 9.80 Å². The first-order valence-electron chi connectivity index (χ1n) is 9.77. The molecule has 2 saturated heterocycles. The van der Waals surface area contributed by atoms with Crippen molar-refractivity contribution in [3.63, 3.8) is 0 Å². The number of piperazine rings is 1. The van der Waals surface area contributed by atoms with E-state index in [1.807, 2.05) is 24.3 Å². The van der Waals surface area contributed by atoms with Crippen molar-refractivity contribution in [3.8, 4) is 0 Å². The highest BCUT2D eigenvalue weighted by Crippen LogP contribution is 2.30. The summed E-state index contributed by atoms with van der Waals surface area (Å²) in [5.41, 5.74) is 1.82. The molecule has 2 aliphatic heterocycles. The minimum atomic E-state index is -0.0840. The van der Waals surface area contributed by atoms with E-state index in [9.17, 15) is 14.4 Å². The van der Waals surface area contributed by atoms with Crippen molar-refractivity contribution < 1.29 is 19.1 Å². The van der Waals surface area contributed by atoms with Crippen LogP contribution in [0.2, 0.25) is 0 Å². The van der Waals surface area contributed by atoms with Gasteiger partial charge in [-0.15, -0.1) is 0 Å². The molecule has 0 bridgehead atoms. The monoisotopic (exact) mass is 388 g/mol. The Morgan fingerprint density at radius 1 is 1.07 bits per heavy atom. The average molecular weight is 388 g/mol. The highest BCUT2D eigenvalue weighted by Gasteiger charge is 2.24. The van der Waals surface area contributed by atoms with Gasteiger partial charge < -0.3 is 24.3 Å². The molecule has 0 spiro atoms. The van der Waals surface area contributed by atoms with Crippen molar-refractivity contribution in [2.24, 2.45) is 0 Å². The minimum absolute atomic E-state index is 0.0145. The van der Waals surface area contributed by atoms with Crippen molar-refractivity contribution in [3.05, 3.63) is 24.3 Å². The summed E-state index contributed by atoms with van der Waals surface area (Å²) in [6, 6.07) is 7.82. The summed E-state index contributed by atoms with van der Waals surface area (Å²) < 4.78 is 5.43. The molecule has 2 aliphatic rings. The van der Waals surface area contributed by atoms with Crippen LogP contribution >= 0.6 is 0 Å². The number of ether oxygens (including phenoxy) is 1. The fourth-order valence-electron chi connectivity index (χ4n) is 3.65. The van der Waals surface area contributed by atoms with Gasteiger partial charge >= 0.3 is 0 Å². The van der Waals surface area contributed by atoms with E-state index in [4.69, 9.17) is 4.74 Å². The van der Waals surface area contributed by atoms with Crippen LogP contribution in [-0.2, 0) is 19.1 Å². The minimum Gasteiger partial charge on any atom is -0.378 e. The summed E-state index contributed by atoms with van der Waals surface area (Å²) in [6.45, 7) is 6.97. The Kier molecular flexibility index (Phi) is 6.86. The molecule has 152 valence electrons. The number of amides is 3. The van der Waals surface area contributed by atoms with Crippen molar-refractivity contribution >= 4 is 29.6 Å². The number of benzene rings is 1. The van der Waals surface area contributed by atoms with E-state index in [-0.39, 0.29) is 18.2 Å². The van der Waals surface area contributed by atoms with Crippen molar-refractivity contribution in [1.29, 1.82) is 0 Å². The van der Waals surface area contributed by atoms with Crippen LogP contribution in [0.4, 0.5) is 11.4 Å². The maximum atomic E-state index is 12.6. The molecule has 1 aromatic rings. The SMILES string of the molecule is CC(=O)N(CCC(=O)N1CCN(C=O)CC1)c1ccccc1N1CCOCC1. The Balaban J connectivity index is 1.66. The van der Waals surface area contributed by atoms with Crippen molar-refractivity contribution in [2.75, 3.05) is 68.8 Å². The van der Waals surface area contributed by atoms with Crippen LogP contribution in [0.15, 0.2) is 24.3 Å². The summed E-state index contributed by atoms with van der Waals surface area (Å²) in [5, 5.41) is 0. The molecule has 0 atom stereocenters. The van der Waals surface area contributed by atoms with Gasteiger partial charge in [0.15, 0.2) is 0 Å². The Hall–Kier alpha value is -2.61. The lowest BCUT2D eigenvalue weighted by atomic mass is 10.2. The molecule has 2 fully saturated rings. The van der Waals surface area contributed by atoms with E-state index in [0.717, 1.165) is 30.9 Å². The molecule has 1 aromatic carbocycles. The second-order valence-corrected chi connectivity index (χ2v) is 7.03. The van der Waals surface area contributed by atoms with Crippen LogP contribution in [-0.4, -0.2) is 87.1 Å². The standard InChI is InChI=1S/C20H28N4O4/c1-17(26)24(7-6-20(27)23-10-8-21(16-25)9-11-23)19-5-3-2-4-18(19)22-12-14-28-15-13-22/h2-5,16H,6-15H2,1H3. The molecule has 0 unspecified atom stereocenters. The summed E-state index contributed by atoms with van der Waals surface area (Å²) >= 11 is 0. The molecule has 0 saturated carbocycles. The number of para-hydroxylation sites is 2. The summed E-state index contributed by atoms with van der Waals surface area (Å²) in [4.78, 5) is 43.1. The molecule has 3 amide bonds. The quantitative estimate of drug-likeness (QED) is 0.666. The molecular weight excluding hydrogens is 360 g/mol. The second kappa shape index (κ2) is 9.54. The summed E-state index contributed by atoms with van der Waals surface area (Å²) in [5.74, 6) is -0.0695. The third-order valence-electron chi connectivity index (χ3n) is 5.27. The molecule has 2 heterocycles. The molecule has 0 aromatic heterocycles. The van der Waals surface area contributed by atoms with Gasteiger partial charge in [-0.05, 0) is 12.1 Å². The Morgan fingerprint density at radius 2 is 1.75 bits per heavy atom. The molecule has 28 heavy (non-hydrogen) atoms. The highest BCUT2D eigenvalue weighted by molar-refractivity contribution is 5.96. The van der Waals surface area contributed by atoms with Gasteiger partial charge in [-0.25, -0.2) is 0 Å². The predicted octanol–water partition coefficient (Wildman–Crippen LogP) is 0.567. The van der Waals surface area contributed by atoms with E-state index in [1.165, 1.54) is 6.92 Å². The van der Waals surface area contributed by atoms with E-state index in [0.29, 0.717) is 45.9 Å². The van der Waals surface area contributed by atoms with Crippen LogP contribution in [0.3, 0.4) is 0 Å². The van der Waals surface area contributed by atoms with Crippen LogP contribution in [0.25, 0.3) is 0 Å². The number of anilines is 2. The van der Waals surface area contributed by atoms with Gasteiger partial charge in [-0.1, -0.05) is 12.1 Å². The van der Waals surface area contributed by atoms with Gasteiger partial charge in [0.2, 0.25) is 18.2 Å². The maximum Gasteiger partial charge on any atom is 0.224 e. The van der Waals surface area contributed by atoms with E-state index >= 15 is 0 Å². The third-order valence-corrected chi connectivity index (χ3v) is 5.27. The lowest BCUT2D eigenvalue weighted by molar-refractivity contribution is -0.135. The Bertz CT molecular complexity index is 697. The van der Waals surface area contributed by atoms with E-state index in [2.05, 4.69) is 4.90 Å². The van der Waals surface area contributed by atoms with Crippen molar-refractivity contribution in [2.45, 2.75) is 13.3 Å². The van der Waals surface area contributed by atoms with Gasteiger partial charge in [0.1, 0.15) is 0 Å². The number of hydrogen-bond donors (Lipinski definition) is 0. The molecule has 0 aliphatic carbocycles. The topological polar surface area (TPSA) is 73.4 Å². The largest absolute Gasteiger partial charge is 0.378 e. The van der Waals surface area contributed by atoms with Crippen LogP contribution in [0, 0.1) is 0 Å². The lowest BCUT2D eigenvalue weighted by Gasteiger charge is -2.34. The smallest absolute Gasteiger partial charge is 0.224 e. The van der Waals surface area contributed by atoms with Gasteiger partial charge in [0, 0.05) is 59.2 Å². The molecule has 0 radical (unpaired) electrons. The number of nitrogens with zero attached hydrogens (tertiary/aromatic N) is 4. The number of hydrogen-bond acceptors (Lipinski definition) is 5. The fraction of sp³-hybridized carbons (Fsp3) is 0.550. The third kappa shape index (κ3) is 4.81. The maximum absolute atomic E-state index is 12.6. The Labute approximate surface area is 165 Å². The first-order chi connectivity index (χ1) is 13.6. The van der Waals surface area contributed by atoms with Crippen LogP contribution in [0.1, 0.15) is 13.3 Å². The summed E-state index contributed by atoms with van der Waals surface area (Å²) in [7, 11) is 0. The van der Waals surface area contributed by atoms with Gasteiger partial charge in [0.05, 0.1) is 24.6 Å². The summed E-state index contributed by atoms with van der Waals surface area (Å²) in [6.07, 6.45) is 1.08. The zero-order chi connectivity index (χ0) is 19.9. The first-order valence-corrected chi connectivity index (χ1v) is 9.77. The normalized spacial score (nSPS) is 17.4. The van der Waals surface area contributed by atoms with Gasteiger partial charge in [-0.3, -0.25) is 14.4 Å². The number of carbonyl (C=O) groups is 3. The van der Waals surface area contributed by atoms with Gasteiger partial charge in [-0.2, -0.15) is 0 Å². The number of rotatable bonds is 6. The molecule has 3 rings (SSSR count). The highest BCUT2D eigenvalue weighted by atomic mass is 16.5. The number of carbonyl (C=O) groups excluding carboxylic acids is 3. The Morgan fingerprint density at radius 3 is 2.39 bits per heavy atom. The van der Waals surface area contributed by atoms with E-state index in [1.54, 1.807) is 14.7 Å². The lowest BCUT2D eigenvalue weighted by Crippen LogP contribution is -2.48. The predicted molar refractivity (Wildman–Crippen MR) is 106 cm³/mol. The number of morpholine rings is 1. The van der Waals surface area contributed by atoms with Crippen LogP contribution < -0.4 is 9.80 Å². The molecular formula is C20H28N4O4. The zero-order valence-corrected chi connectivity index (χ0v) is 16.4. The van der Waals surface area contributed by atoms with E-state index < -0.39 is 0 Å². The zero-order valence-electron chi connectivity index (χ0n) is 16.4. The van der Waals surface area contributed by atoms with Crippen LogP contribution in [0.5, 0.6) is 0 Å². The first kappa shape index (κ1) is 20.1. The molecule has 8 heteroatoms. The molecule has 8 nitrogen and oxygen atoms in total. The average Bonchev–Trinajstić information content (AvgIpc) is 2.74. The second-order valence-electron chi connectivity index (χ2n) is 7.03. The van der Waals surface area contributed by atoms with Gasteiger partial charge in [0.25, 0.3) is 0 Å².